The van der Waals surface area contributed by atoms with Crippen LogP contribution in [0.4, 0.5) is 4.79 Å². The quantitative estimate of drug-likeness (QED) is 0.0844. The number of carboxylic acid groups (broad SMARTS) is 1. The fourth-order valence-corrected chi connectivity index (χ4v) is 10.5. The second-order valence-electron chi connectivity index (χ2n) is 17.0. The number of ether oxygens (including phenoxy) is 1. The van der Waals surface area contributed by atoms with Crippen LogP contribution in [0.15, 0.2) is 11.6 Å². The molecule has 5 N–H and O–H groups in total. The number of amides is 4. The van der Waals surface area contributed by atoms with E-state index in [2.05, 4.69) is 62.0 Å². The van der Waals surface area contributed by atoms with Gasteiger partial charge in [0.1, 0.15) is 12.6 Å². The average molecular weight is 715 g/mol. The topological polar surface area (TPSA) is 163 Å². The number of rotatable bonds is 18. The van der Waals surface area contributed by atoms with Gasteiger partial charge >= 0.3 is 12.1 Å². The molecule has 11 nitrogen and oxygen atoms in total. The SMILES string of the molecule is CC(C)CCCC(C)C1CCC2C3CC=C4CC(OC(=O)NCCCCCC(=O)NCC(=O)NCC(=O)NCC(=O)O)CCC4(C)C3CCC12C. The van der Waals surface area contributed by atoms with E-state index in [1.54, 1.807) is 0 Å². The molecular weight excluding hydrogens is 648 g/mol. The van der Waals surface area contributed by atoms with Crippen LogP contribution < -0.4 is 21.3 Å². The number of aliphatic carboxylic acids is 1. The normalized spacial score (nSPS) is 30.2. The lowest BCUT2D eigenvalue weighted by Crippen LogP contribution is -2.51. The Labute approximate surface area is 305 Å². The first-order valence-electron chi connectivity index (χ1n) is 19.9. The fourth-order valence-electron chi connectivity index (χ4n) is 10.5. The summed E-state index contributed by atoms with van der Waals surface area (Å²) in [4.78, 5) is 58.4. The van der Waals surface area contributed by atoms with Crippen molar-refractivity contribution < 1.29 is 33.8 Å². The predicted molar refractivity (Wildman–Crippen MR) is 196 cm³/mol. The molecule has 0 bridgehead atoms. The van der Waals surface area contributed by atoms with E-state index >= 15 is 0 Å². The lowest BCUT2D eigenvalue weighted by molar-refractivity contribution is -0.137. The van der Waals surface area contributed by atoms with E-state index in [4.69, 9.17) is 9.84 Å². The number of hydrogen-bond acceptors (Lipinski definition) is 6. The number of carbonyl (C=O) groups excluding carboxylic acids is 4. The summed E-state index contributed by atoms with van der Waals surface area (Å²) in [5, 5.41) is 18.4. The monoisotopic (exact) mass is 714 g/mol. The molecule has 288 valence electrons. The first-order valence-corrected chi connectivity index (χ1v) is 19.9. The van der Waals surface area contributed by atoms with Gasteiger partial charge < -0.3 is 31.1 Å². The standard InChI is InChI=1S/C40H66N4O7/c1-26(2)10-9-11-27(3)31-15-16-32-30-14-13-28-22-29(17-19-39(28,4)33(30)18-20-40(31,32)5)51-38(50)41-21-8-6-7-12-34(45)42-23-35(46)43-24-36(47)44-25-37(48)49/h13,26-27,29-33H,6-12,14-25H2,1-5H3,(H,41,50)(H,42,45)(H,43,46)(H,44,47)(H,48,49). The zero-order chi connectivity index (χ0) is 37.2. The third kappa shape index (κ3) is 11.0. The molecule has 3 fully saturated rings. The van der Waals surface area contributed by atoms with Crippen LogP contribution in [0, 0.1) is 46.3 Å². The van der Waals surface area contributed by atoms with Gasteiger partial charge in [-0.05, 0) is 104 Å². The maximum Gasteiger partial charge on any atom is 0.407 e. The van der Waals surface area contributed by atoms with Gasteiger partial charge in [-0.15, -0.1) is 0 Å². The fraction of sp³-hybridized carbons (Fsp3) is 0.825. The van der Waals surface area contributed by atoms with Crippen LogP contribution in [-0.4, -0.2) is 67.2 Å². The Morgan fingerprint density at radius 3 is 2.22 bits per heavy atom. The summed E-state index contributed by atoms with van der Waals surface area (Å²) in [6.07, 6.45) is 18.0. The molecule has 0 radical (unpaired) electrons. The van der Waals surface area contributed by atoms with Crippen LogP contribution in [0.3, 0.4) is 0 Å². The second kappa shape index (κ2) is 18.6. The van der Waals surface area contributed by atoms with E-state index in [-0.39, 0.29) is 43.0 Å². The van der Waals surface area contributed by atoms with Gasteiger partial charge in [0.15, 0.2) is 0 Å². The molecule has 0 aromatic rings. The van der Waals surface area contributed by atoms with Gasteiger partial charge in [-0.25, -0.2) is 4.79 Å². The minimum Gasteiger partial charge on any atom is -0.480 e. The molecule has 0 spiro atoms. The van der Waals surface area contributed by atoms with Crippen molar-refractivity contribution in [1.82, 2.24) is 21.3 Å². The molecule has 0 saturated heterocycles. The Kier molecular flexibility index (Phi) is 14.8. The largest absolute Gasteiger partial charge is 0.480 e. The summed E-state index contributed by atoms with van der Waals surface area (Å²) in [7, 11) is 0. The Hall–Kier alpha value is -3.11. The number of allylic oxidation sites excluding steroid dienone is 1. The van der Waals surface area contributed by atoms with Gasteiger partial charge in [0, 0.05) is 19.4 Å². The molecule has 3 saturated carbocycles. The van der Waals surface area contributed by atoms with Crippen molar-refractivity contribution >= 4 is 29.8 Å². The molecule has 4 aliphatic carbocycles. The van der Waals surface area contributed by atoms with Gasteiger partial charge in [-0.3, -0.25) is 19.2 Å². The van der Waals surface area contributed by atoms with Crippen LogP contribution in [0.2, 0.25) is 0 Å². The van der Waals surface area contributed by atoms with Crippen molar-refractivity contribution in [2.45, 2.75) is 137 Å². The first kappa shape index (κ1) is 40.7. The molecule has 4 amide bonds. The highest BCUT2D eigenvalue weighted by molar-refractivity contribution is 5.89. The van der Waals surface area contributed by atoms with Crippen LogP contribution in [-0.2, 0) is 23.9 Å². The van der Waals surface area contributed by atoms with E-state index in [0.29, 0.717) is 24.8 Å². The van der Waals surface area contributed by atoms with Gasteiger partial charge in [0.05, 0.1) is 13.1 Å². The molecule has 0 heterocycles. The smallest absolute Gasteiger partial charge is 0.407 e. The Balaban J connectivity index is 1.11. The van der Waals surface area contributed by atoms with Crippen molar-refractivity contribution in [3.63, 3.8) is 0 Å². The lowest BCUT2D eigenvalue weighted by atomic mass is 9.47. The number of carbonyl (C=O) groups is 5. The molecule has 11 heteroatoms. The summed E-state index contributed by atoms with van der Waals surface area (Å²) >= 11 is 0. The molecule has 0 aliphatic heterocycles. The lowest BCUT2D eigenvalue weighted by Gasteiger charge is -2.58. The molecule has 4 aliphatic rings. The van der Waals surface area contributed by atoms with Crippen molar-refractivity contribution in [3.05, 3.63) is 11.6 Å². The van der Waals surface area contributed by atoms with Crippen LogP contribution in [0.25, 0.3) is 0 Å². The third-order valence-electron chi connectivity index (χ3n) is 13.2. The van der Waals surface area contributed by atoms with E-state index in [1.807, 2.05) is 0 Å². The Morgan fingerprint density at radius 2 is 1.51 bits per heavy atom. The zero-order valence-corrected chi connectivity index (χ0v) is 32.0. The molecule has 8 unspecified atom stereocenters. The van der Waals surface area contributed by atoms with Gasteiger partial charge in [-0.2, -0.15) is 0 Å². The molecular formula is C40H66N4O7. The summed E-state index contributed by atoms with van der Waals surface area (Å²) in [6, 6.07) is 0. The maximum atomic E-state index is 12.7. The number of carboxylic acids is 1. The highest BCUT2D eigenvalue weighted by Crippen LogP contribution is 2.67. The van der Waals surface area contributed by atoms with Crippen molar-refractivity contribution in [1.29, 1.82) is 0 Å². The van der Waals surface area contributed by atoms with Crippen LogP contribution in [0.5, 0.6) is 0 Å². The second-order valence-corrected chi connectivity index (χ2v) is 17.0. The molecule has 8 atom stereocenters. The minimum atomic E-state index is -1.18. The van der Waals surface area contributed by atoms with Gasteiger partial charge in [0.25, 0.3) is 0 Å². The number of hydrogen-bond donors (Lipinski definition) is 5. The first-order chi connectivity index (χ1) is 24.2. The van der Waals surface area contributed by atoms with Crippen molar-refractivity contribution in [2.75, 3.05) is 26.2 Å². The Bertz CT molecular complexity index is 1270. The molecule has 4 rings (SSSR count). The number of nitrogens with one attached hydrogen (secondary N) is 4. The zero-order valence-electron chi connectivity index (χ0n) is 32.0. The van der Waals surface area contributed by atoms with E-state index in [0.717, 1.165) is 61.2 Å². The highest BCUT2D eigenvalue weighted by Gasteiger charge is 2.59. The number of fused-ring (bicyclic) bond motifs is 5. The van der Waals surface area contributed by atoms with Gasteiger partial charge in [-0.1, -0.05) is 72.0 Å². The van der Waals surface area contributed by atoms with E-state index in [9.17, 15) is 24.0 Å². The minimum absolute atomic E-state index is 0.0858. The van der Waals surface area contributed by atoms with E-state index < -0.39 is 24.3 Å². The predicted octanol–water partition coefficient (Wildman–Crippen LogP) is 6.12. The summed E-state index contributed by atoms with van der Waals surface area (Å²) in [5.41, 5.74) is 2.22. The Morgan fingerprint density at radius 1 is 0.804 bits per heavy atom. The highest BCUT2D eigenvalue weighted by atomic mass is 16.6. The molecule has 0 aromatic heterocycles. The number of unbranched alkanes of at least 4 members (excludes halogenated alkanes) is 2. The van der Waals surface area contributed by atoms with Crippen molar-refractivity contribution in [2.24, 2.45) is 46.3 Å². The van der Waals surface area contributed by atoms with Gasteiger partial charge in [0.2, 0.25) is 17.7 Å². The molecule has 51 heavy (non-hydrogen) atoms. The summed E-state index contributed by atoms with van der Waals surface area (Å²) in [6.45, 7) is 11.7. The maximum absolute atomic E-state index is 12.7. The third-order valence-corrected chi connectivity index (χ3v) is 13.2. The summed E-state index contributed by atoms with van der Waals surface area (Å²) < 4.78 is 5.91. The average Bonchev–Trinajstić information content (AvgIpc) is 3.44. The summed E-state index contributed by atoms with van der Waals surface area (Å²) in [5.74, 6) is 2.22. The number of alkyl carbamates (subject to hydrolysis) is 1. The van der Waals surface area contributed by atoms with E-state index in [1.165, 1.54) is 56.9 Å². The van der Waals surface area contributed by atoms with Crippen molar-refractivity contribution in [3.8, 4) is 0 Å². The van der Waals surface area contributed by atoms with Crippen LogP contribution >= 0.6 is 0 Å². The molecule has 0 aromatic carbocycles. The van der Waals surface area contributed by atoms with Crippen LogP contribution in [0.1, 0.15) is 131 Å².